The predicted octanol–water partition coefficient (Wildman–Crippen LogP) is 4.06. The van der Waals surface area contributed by atoms with Crippen molar-refractivity contribution < 1.29 is 14.3 Å². The third-order valence-electron chi connectivity index (χ3n) is 4.28. The molecule has 0 fully saturated rings. The fourth-order valence-corrected chi connectivity index (χ4v) is 2.89. The van der Waals surface area contributed by atoms with Gasteiger partial charge in [0.1, 0.15) is 24.4 Å². The van der Waals surface area contributed by atoms with Gasteiger partial charge < -0.3 is 14.0 Å². The van der Waals surface area contributed by atoms with E-state index >= 15 is 0 Å². The Morgan fingerprint density at radius 2 is 1.92 bits per heavy atom. The highest BCUT2D eigenvalue weighted by atomic mass is 35.5. The van der Waals surface area contributed by atoms with Gasteiger partial charge in [-0.3, -0.25) is 9.78 Å². The van der Waals surface area contributed by atoms with Crippen molar-refractivity contribution in [3.05, 3.63) is 58.4 Å². The Labute approximate surface area is 151 Å². The zero-order valence-corrected chi connectivity index (χ0v) is 15.1. The van der Waals surface area contributed by atoms with Gasteiger partial charge in [-0.05, 0) is 37.1 Å². The molecule has 0 unspecified atom stereocenters. The second-order valence-corrected chi connectivity index (χ2v) is 6.23. The van der Waals surface area contributed by atoms with E-state index in [-0.39, 0.29) is 12.5 Å². The topological polar surface area (TPSA) is 53.4 Å². The molecule has 0 aliphatic heterocycles. The summed E-state index contributed by atoms with van der Waals surface area (Å²) in [4.78, 5) is 16.2. The normalized spacial score (nSPS) is 10.9. The number of pyridine rings is 1. The van der Waals surface area contributed by atoms with E-state index in [0.29, 0.717) is 17.4 Å². The maximum atomic E-state index is 11.8. The third-order valence-corrected chi connectivity index (χ3v) is 4.53. The number of benzene rings is 1. The number of aromatic nitrogens is 2. The van der Waals surface area contributed by atoms with Crippen molar-refractivity contribution in [3.8, 4) is 5.75 Å². The van der Waals surface area contributed by atoms with Crippen molar-refractivity contribution in [2.75, 3.05) is 7.11 Å². The zero-order valence-electron chi connectivity index (χ0n) is 14.4. The molecule has 130 valence electrons. The molecule has 0 saturated heterocycles. The van der Waals surface area contributed by atoms with Gasteiger partial charge in [-0.15, -0.1) is 0 Å². The van der Waals surface area contributed by atoms with Crippen molar-refractivity contribution in [1.29, 1.82) is 0 Å². The Morgan fingerprint density at radius 1 is 1.20 bits per heavy atom. The van der Waals surface area contributed by atoms with E-state index in [4.69, 9.17) is 21.1 Å². The standard InChI is InChI=1S/C19H19ClN2O3/c1-12-13(2)22(10-17(23)24-3)19-16(8-9-21-18(12)19)25-11-14-4-6-15(20)7-5-14/h4-9H,10-11H2,1-3H3. The van der Waals surface area contributed by atoms with Crippen LogP contribution in [0.1, 0.15) is 16.8 Å². The van der Waals surface area contributed by atoms with Crippen LogP contribution in [0.4, 0.5) is 0 Å². The number of hydrogen-bond acceptors (Lipinski definition) is 4. The summed E-state index contributed by atoms with van der Waals surface area (Å²) in [6.45, 7) is 4.47. The maximum absolute atomic E-state index is 11.8. The van der Waals surface area contributed by atoms with Gasteiger partial charge in [-0.2, -0.15) is 0 Å². The van der Waals surface area contributed by atoms with Crippen LogP contribution in [0, 0.1) is 13.8 Å². The smallest absolute Gasteiger partial charge is 0.325 e. The van der Waals surface area contributed by atoms with E-state index in [1.54, 1.807) is 6.20 Å². The van der Waals surface area contributed by atoms with Gasteiger partial charge >= 0.3 is 5.97 Å². The Bertz CT molecular complexity index is 917. The Hall–Kier alpha value is -2.53. The summed E-state index contributed by atoms with van der Waals surface area (Å²) in [6.07, 6.45) is 1.72. The molecule has 0 atom stereocenters. The van der Waals surface area contributed by atoms with Crippen LogP contribution in [0.5, 0.6) is 5.75 Å². The van der Waals surface area contributed by atoms with Crippen LogP contribution in [0.25, 0.3) is 11.0 Å². The lowest BCUT2D eigenvalue weighted by Crippen LogP contribution is -2.13. The van der Waals surface area contributed by atoms with Crippen LogP contribution in [-0.4, -0.2) is 22.6 Å². The van der Waals surface area contributed by atoms with Gasteiger partial charge in [0.25, 0.3) is 0 Å². The molecule has 0 N–H and O–H groups in total. The van der Waals surface area contributed by atoms with Crippen molar-refractivity contribution in [3.63, 3.8) is 0 Å². The van der Waals surface area contributed by atoms with E-state index in [2.05, 4.69) is 4.98 Å². The van der Waals surface area contributed by atoms with E-state index in [1.807, 2.05) is 48.7 Å². The summed E-state index contributed by atoms with van der Waals surface area (Å²) in [6, 6.07) is 9.31. The summed E-state index contributed by atoms with van der Waals surface area (Å²) < 4.78 is 12.7. The summed E-state index contributed by atoms with van der Waals surface area (Å²) in [7, 11) is 1.38. The number of hydrogen-bond donors (Lipinski definition) is 0. The highest BCUT2D eigenvalue weighted by molar-refractivity contribution is 6.30. The fraction of sp³-hybridized carbons (Fsp3) is 0.263. The minimum absolute atomic E-state index is 0.121. The highest BCUT2D eigenvalue weighted by Gasteiger charge is 2.18. The molecule has 3 rings (SSSR count). The van der Waals surface area contributed by atoms with E-state index < -0.39 is 0 Å². The van der Waals surface area contributed by atoms with Gasteiger partial charge in [0.2, 0.25) is 0 Å². The van der Waals surface area contributed by atoms with E-state index in [1.165, 1.54) is 7.11 Å². The van der Waals surface area contributed by atoms with Crippen molar-refractivity contribution in [2.24, 2.45) is 0 Å². The second kappa shape index (κ2) is 7.15. The Kier molecular flexibility index (Phi) is 4.95. The number of esters is 1. The first-order valence-corrected chi connectivity index (χ1v) is 8.27. The Balaban J connectivity index is 1.98. The molecule has 0 radical (unpaired) electrons. The molecule has 0 aliphatic carbocycles. The highest BCUT2D eigenvalue weighted by Crippen LogP contribution is 2.31. The van der Waals surface area contributed by atoms with Crippen molar-refractivity contribution >= 4 is 28.6 Å². The molecule has 1 aromatic carbocycles. The molecule has 0 aliphatic rings. The van der Waals surface area contributed by atoms with Crippen LogP contribution in [0.15, 0.2) is 36.5 Å². The summed E-state index contributed by atoms with van der Waals surface area (Å²) in [5, 5.41) is 0.688. The third kappa shape index (κ3) is 3.46. The number of methoxy groups -OCH3 is 1. The lowest BCUT2D eigenvalue weighted by molar-refractivity contribution is -0.141. The number of nitrogens with zero attached hydrogens (tertiary/aromatic N) is 2. The molecule has 2 heterocycles. The van der Waals surface area contributed by atoms with Crippen molar-refractivity contribution in [2.45, 2.75) is 27.0 Å². The SMILES string of the molecule is COC(=O)Cn1c(C)c(C)c2nccc(OCc3ccc(Cl)cc3)c21. The van der Waals surface area contributed by atoms with Crippen LogP contribution in [0.2, 0.25) is 5.02 Å². The molecule has 0 spiro atoms. The average Bonchev–Trinajstić information content (AvgIpc) is 2.86. The van der Waals surface area contributed by atoms with E-state index in [0.717, 1.165) is 27.9 Å². The molecule has 0 saturated carbocycles. The molecule has 3 aromatic rings. The van der Waals surface area contributed by atoms with Gasteiger partial charge in [0.15, 0.2) is 0 Å². The van der Waals surface area contributed by atoms with Crippen molar-refractivity contribution in [1.82, 2.24) is 9.55 Å². The minimum Gasteiger partial charge on any atom is -0.487 e. The van der Waals surface area contributed by atoms with Crippen LogP contribution < -0.4 is 4.74 Å². The number of halogens is 1. The molecule has 0 bridgehead atoms. The van der Waals surface area contributed by atoms with Gasteiger partial charge in [-0.1, -0.05) is 23.7 Å². The summed E-state index contributed by atoms with van der Waals surface area (Å²) in [5.41, 5.74) is 4.63. The molecule has 0 amide bonds. The first-order valence-electron chi connectivity index (χ1n) is 7.89. The van der Waals surface area contributed by atoms with Gasteiger partial charge in [0, 0.05) is 23.0 Å². The Morgan fingerprint density at radius 3 is 2.60 bits per heavy atom. The van der Waals surface area contributed by atoms with Crippen LogP contribution >= 0.6 is 11.6 Å². The minimum atomic E-state index is -0.312. The van der Waals surface area contributed by atoms with Gasteiger partial charge in [0.05, 0.1) is 12.6 Å². The quantitative estimate of drug-likeness (QED) is 0.645. The predicted molar refractivity (Wildman–Crippen MR) is 97.0 cm³/mol. The molecular formula is C19H19ClN2O3. The number of fused-ring (bicyclic) bond motifs is 1. The largest absolute Gasteiger partial charge is 0.487 e. The van der Waals surface area contributed by atoms with Crippen LogP contribution in [-0.2, 0) is 22.7 Å². The molecular weight excluding hydrogens is 340 g/mol. The zero-order chi connectivity index (χ0) is 18.0. The monoisotopic (exact) mass is 358 g/mol. The summed E-state index contributed by atoms with van der Waals surface area (Å²) >= 11 is 5.91. The number of ether oxygens (including phenoxy) is 2. The number of rotatable bonds is 5. The second-order valence-electron chi connectivity index (χ2n) is 5.79. The fourth-order valence-electron chi connectivity index (χ4n) is 2.76. The number of aryl methyl sites for hydroxylation is 1. The first kappa shape index (κ1) is 17.3. The number of carbonyl (C=O) groups is 1. The maximum Gasteiger partial charge on any atom is 0.325 e. The summed E-state index contributed by atoms with van der Waals surface area (Å²) in [5.74, 6) is 0.368. The van der Waals surface area contributed by atoms with E-state index in [9.17, 15) is 4.79 Å². The molecule has 2 aromatic heterocycles. The molecule has 5 nitrogen and oxygen atoms in total. The molecule has 25 heavy (non-hydrogen) atoms. The lowest BCUT2D eigenvalue weighted by Gasteiger charge is -2.11. The van der Waals surface area contributed by atoms with Crippen LogP contribution in [0.3, 0.4) is 0 Å². The number of carbonyl (C=O) groups excluding carboxylic acids is 1. The van der Waals surface area contributed by atoms with Gasteiger partial charge in [-0.25, -0.2) is 0 Å². The average molecular weight is 359 g/mol. The lowest BCUT2D eigenvalue weighted by atomic mass is 10.2. The first-order chi connectivity index (χ1) is 12.0. The molecule has 6 heteroatoms.